The molecule has 0 atom stereocenters. The first-order valence-electron chi connectivity index (χ1n) is 7.46. The van der Waals surface area contributed by atoms with Gasteiger partial charge >= 0.3 is 0 Å². The third-order valence-electron chi connectivity index (χ3n) is 3.67. The van der Waals surface area contributed by atoms with Gasteiger partial charge in [-0.1, -0.05) is 12.1 Å². The molecule has 0 saturated carbocycles. The lowest BCUT2D eigenvalue weighted by Crippen LogP contribution is -2.20. The quantitative estimate of drug-likeness (QED) is 0.743. The summed E-state index contributed by atoms with van der Waals surface area (Å²) in [6, 6.07) is 18.5. The van der Waals surface area contributed by atoms with E-state index >= 15 is 0 Å². The van der Waals surface area contributed by atoms with Gasteiger partial charge in [0.25, 0.3) is 5.56 Å². The molecule has 1 heterocycles. The van der Waals surface area contributed by atoms with Crippen LogP contribution in [0.25, 0.3) is 10.9 Å². The van der Waals surface area contributed by atoms with Crippen LogP contribution in [0.4, 0.5) is 0 Å². The van der Waals surface area contributed by atoms with E-state index in [1.165, 1.54) is 0 Å². The van der Waals surface area contributed by atoms with Crippen LogP contribution in [0.1, 0.15) is 18.1 Å². The molecule has 3 aromatic rings. The second-order valence-corrected chi connectivity index (χ2v) is 5.22. The van der Waals surface area contributed by atoms with Gasteiger partial charge in [0, 0.05) is 11.5 Å². The topological polar surface area (TPSA) is 55.0 Å². The number of rotatable bonds is 4. The van der Waals surface area contributed by atoms with Crippen molar-refractivity contribution in [3.05, 3.63) is 76.1 Å². The molecule has 0 saturated heterocycles. The highest BCUT2D eigenvalue weighted by Crippen LogP contribution is 2.20. The van der Waals surface area contributed by atoms with Crippen LogP contribution in [0.5, 0.6) is 5.75 Å². The fourth-order valence-corrected chi connectivity index (χ4v) is 2.62. The number of fused-ring (bicyclic) bond motifs is 1. The molecule has 4 heteroatoms. The van der Waals surface area contributed by atoms with Crippen LogP contribution in [0.15, 0.2) is 59.4 Å². The Morgan fingerprint density at radius 3 is 2.78 bits per heavy atom. The van der Waals surface area contributed by atoms with Crippen molar-refractivity contribution in [1.29, 1.82) is 5.26 Å². The van der Waals surface area contributed by atoms with Gasteiger partial charge < -0.3 is 9.30 Å². The van der Waals surface area contributed by atoms with Crippen LogP contribution < -0.4 is 10.3 Å². The standard InChI is InChI=1S/C19H16N2O2/c1-2-23-17-7-8-18-16(11-17)6-9-19(22)21(18)13-15-5-3-4-14(10-15)12-20/h3-11H,2,13H2,1H3. The van der Waals surface area contributed by atoms with E-state index in [9.17, 15) is 4.79 Å². The minimum atomic E-state index is -0.0657. The Morgan fingerprint density at radius 2 is 2.00 bits per heavy atom. The van der Waals surface area contributed by atoms with E-state index in [-0.39, 0.29) is 5.56 Å². The van der Waals surface area contributed by atoms with Gasteiger partial charge in [-0.15, -0.1) is 0 Å². The number of aromatic nitrogens is 1. The number of ether oxygens (including phenoxy) is 1. The molecule has 0 bridgehead atoms. The number of nitriles is 1. The number of nitrogens with zero attached hydrogens (tertiary/aromatic N) is 2. The summed E-state index contributed by atoms with van der Waals surface area (Å²) in [5.74, 6) is 0.789. The zero-order valence-electron chi connectivity index (χ0n) is 12.8. The van der Waals surface area contributed by atoms with Crippen LogP contribution in [-0.2, 0) is 6.54 Å². The Morgan fingerprint density at radius 1 is 1.13 bits per heavy atom. The van der Waals surface area contributed by atoms with Gasteiger partial charge in [-0.2, -0.15) is 5.26 Å². The van der Waals surface area contributed by atoms with Gasteiger partial charge in [0.05, 0.1) is 30.3 Å². The third kappa shape index (κ3) is 3.09. The first-order chi connectivity index (χ1) is 11.2. The molecular weight excluding hydrogens is 288 g/mol. The molecule has 0 N–H and O–H groups in total. The minimum Gasteiger partial charge on any atom is -0.494 e. The maximum absolute atomic E-state index is 12.3. The van der Waals surface area contributed by atoms with Crippen LogP contribution in [-0.4, -0.2) is 11.2 Å². The molecule has 0 unspecified atom stereocenters. The van der Waals surface area contributed by atoms with E-state index < -0.39 is 0 Å². The summed E-state index contributed by atoms with van der Waals surface area (Å²) in [7, 11) is 0. The van der Waals surface area contributed by atoms with Gasteiger partial charge in [-0.25, -0.2) is 0 Å². The fourth-order valence-electron chi connectivity index (χ4n) is 2.62. The highest BCUT2D eigenvalue weighted by atomic mass is 16.5. The number of benzene rings is 2. The maximum atomic E-state index is 12.3. The minimum absolute atomic E-state index is 0.0657. The van der Waals surface area contributed by atoms with E-state index in [1.807, 2.05) is 43.3 Å². The van der Waals surface area contributed by atoms with Gasteiger partial charge in [0.2, 0.25) is 0 Å². The summed E-state index contributed by atoms with van der Waals surface area (Å²) in [5, 5.41) is 9.95. The van der Waals surface area contributed by atoms with Crippen molar-refractivity contribution in [3.8, 4) is 11.8 Å². The summed E-state index contributed by atoms with van der Waals surface area (Å²) in [6.07, 6.45) is 0. The molecule has 0 spiro atoms. The molecule has 0 aliphatic rings. The lowest BCUT2D eigenvalue weighted by Gasteiger charge is -2.12. The molecule has 0 amide bonds. The lowest BCUT2D eigenvalue weighted by molar-refractivity contribution is 0.340. The molecule has 0 aliphatic carbocycles. The van der Waals surface area contributed by atoms with Crippen molar-refractivity contribution in [2.24, 2.45) is 0 Å². The molecule has 0 aliphatic heterocycles. The van der Waals surface area contributed by atoms with Crippen molar-refractivity contribution in [2.45, 2.75) is 13.5 Å². The smallest absolute Gasteiger partial charge is 0.251 e. The lowest BCUT2D eigenvalue weighted by atomic mass is 10.1. The van der Waals surface area contributed by atoms with Gasteiger partial charge in [-0.05, 0) is 48.9 Å². The van der Waals surface area contributed by atoms with E-state index in [4.69, 9.17) is 10.00 Å². The Kier molecular flexibility index (Phi) is 4.11. The number of hydrogen-bond acceptors (Lipinski definition) is 3. The molecule has 23 heavy (non-hydrogen) atoms. The molecule has 2 aromatic carbocycles. The van der Waals surface area contributed by atoms with Gasteiger partial charge in [-0.3, -0.25) is 4.79 Å². The van der Waals surface area contributed by atoms with E-state index in [2.05, 4.69) is 6.07 Å². The summed E-state index contributed by atoms with van der Waals surface area (Å²) in [4.78, 5) is 12.3. The molecule has 114 valence electrons. The zero-order valence-corrected chi connectivity index (χ0v) is 12.8. The van der Waals surface area contributed by atoms with Crippen molar-refractivity contribution in [2.75, 3.05) is 6.61 Å². The third-order valence-corrected chi connectivity index (χ3v) is 3.67. The second-order valence-electron chi connectivity index (χ2n) is 5.22. The highest BCUT2D eigenvalue weighted by Gasteiger charge is 2.06. The monoisotopic (exact) mass is 304 g/mol. The van der Waals surface area contributed by atoms with Crippen LogP contribution in [0.3, 0.4) is 0 Å². The Bertz CT molecular complexity index is 951. The molecule has 4 nitrogen and oxygen atoms in total. The summed E-state index contributed by atoms with van der Waals surface area (Å²) >= 11 is 0. The largest absolute Gasteiger partial charge is 0.494 e. The van der Waals surface area contributed by atoms with Crippen LogP contribution in [0, 0.1) is 11.3 Å². The van der Waals surface area contributed by atoms with Crippen LogP contribution >= 0.6 is 0 Å². The predicted molar refractivity (Wildman–Crippen MR) is 89.6 cm³/mol. The van der Waals surface area contributed by atoms with Gasteiger partial charge in [0.1, 0.15) is 5.75 Å². The molecule has 3 rings (SSSR count). The van der Waals surface area contributed by atoms with Crippen molar-refractivity contribution < 1.29 is 4.74 Å². The Hall–Kier alpha value is -3.06. The maximum Gasteiger partial charge on any atom is 0.251 e. The highest BCUT2D eigenvalue weighted by molar-refractivity contribution is 5.80. The Labute approximate surface area is 134 Å². The first-order valence-corrected chi connectivity index (χ1v) is 7.46. The zero-order chi connectivity index (χ0) is 16.2. The average molecular weight is 304 g/mol. The second kappa shape index (κ2) is 6.37. The summed E-state index contributed by atoms with van der Waals surface area (Å²) in [6.45, 7) is 2.97. The first kappa shape index (κ1) is 14.9. The number of pyridine rings is 1. The predicted octanol–water partition coefficient (Wildman–Crippen LogP) is 3.32. The average Bonchev–Trinajstić information content (AvgIpc) is 2.58. The normalized spacial score (nSPS) is 10.4. The molecule has 0 radical (unpaired) electrons. The van der Waals surface area contributed by atoms with Gasteiger partial charge in [0.15, 0.2) is 0 Å². The summed E-state index contributed by atoms with van der Waals surface area (Å²) < 4.78 is 7.22. The summed E-state index contributed by atoms with van der Waals surface area (Å²) in [5.41, 5.74) is 2.30. The Balaban J connectivity index is 2.07. The molecular formula is C19H16N2O2. The SMILES string of the molecule is CCOc1ccc2c(ccc(=O)n2Cc2cccc(C#N)c2)c1. The number of hydrogen-bond donors (Lipinski definition) is 0. The van der Waals surface area contributed by atoms with E-state index in [0.717, 1.165) is 22.2 Å². The molecule has 0 fully saturated rings. The van der Waals surface area contributed by atoms with Crippen LogP contribution in [0.2, 0.25) is 0 Å². The van der Waals surface area contributed by atoms with E-state index in [0.29, 0.717) is 18.7 Å². The fraction of sp³-hybridized carbons (Fsp3) is 0.158. The van der Waals surface area contributed by atoms with Crippen molar-refractivity contribution in [1.82, 2.24) is 4.57 Å². The van der Waals surface area contributed by atoms with E-state index in [1.54, 1.807) is 22.8 Å². The van der Waals surface area contributed by atoms with Crippen molar-refractivity contribution in [3.63, 3.8) is 0 Å². The molecule has 1 aromatic heterocycles. The van der Waals surface area contributed by atoms with Crippen molar-refractivity contribution >= 4 is 10.9 Å².